The molecule has 1 aromatic rings. The largest absolute Gasteiger partial charge is 0.345 e. The van der Waals surface area contributed by atoms with Crippen molar-refractivity contribution in [1.29, 1.82) is 0 Å². The van der Waals surface area contributed by atoms with Crippen LogP contribution in [-0.2, 0) is 23.2 Å². The first-order valence-electron chi connectivity index (χ1n) is 6.58. The Hall–Kier alpha value is -1.37. The molecule has 0 aliphatic carbocycles. The fraction of sp³-hybridized carbons (Fsp3) is 0.615. The van der Waals surface area contributed by atoms with Gasteiger partial charge in [0.15, 0.2) is 0 Å². The van der Waals surface area contributed by atoms with Crippen molar-refractivity contribution in [2.24, 2.45) is 7.05 Å². The van der Waals surface area contributed by atoms with E-state index in [9.17, 15) is 9.59 Å². The quantitative estimate of drug-likeness (QED) is 0.894. The van der Waals surface area contributed by atoms with Crippen molar-refractivity contribution in [3.05, 3.63) is 15.9 Å². The van der Waals surface area contributed by atoms with E-state index in [1.165, 1.54) is 0 Å². The summed E-state index contributed by atoms with van der Waals surface area (Å²) in [5, 5.41) is 6.98. The normalized spacial score (nSPS) is 23.1. The Morgan fingerprint density at radius 1 is 1.45 bits per heavy atom. The van der Waals surface area contributed by atoms with Gasteiger partial charge < -0.3 is 10.2 Å². The first kappa shape index (κ1) is 15.0. The average molecular weight is 343 g/mol. The highest BCUT2D eigenvalue weighted by molar-refractivity contribution is 9.10. The zero-order valence-electron chi connectivity index (χ0n) is 12.2. The molecule has 110 valence electrons. The summed E-state index contributed by atoms with van der Waals surface area (Å²) in [5.41, 5.74) is 0.951. The zero-order valence-corrected chi connectivity index (χ0v) is 13.7. The number of rotatable bonds is 3. The lowest BCUT2D eigenvalue weighted by molar-refractivity contribution is -0.153. The standard InChI is InChI=1S/C13H19BrN4O2/c1-5-13(3)12(20)15-6-10(19)18(13)7-9-11(14)8(2)16-17(9)4/h5-7H2,1-4H3,(H,15,20). The fourth-order valence-electron chi connectivity index (χ4n) is 2.46. The molecule has 7 heteroatoms. The number of hydrogen-bond donors (Lipinski definition) is 1. The monoisotopic (exact) mass is 342 g/mol. The summed E-state index contributed by atoms with van der Waals surface area (Å²) in [6.45, 7) is 6.04. The van der Waals surface area contributed by atoms with Crippen LogP contribution in [-0.4, -0.2) is 38.6 Å². The molecule has 0 radical (unpaired) electrons. The summed E-state index contributed by atoms with van der Waals surface area (Å²) in [5.74, 6) is -0.172. The van der Waals surface area contributed by atoms with Crippen LogP contribution in [0.25, 0.3) is 0 Å². The molecule has 1 atom stereocenters. The van der Waals surface area contributed by atoms with E-state index in [4.69, 9.17) is 0 Å². The van der Waals surface area contributed by atoms with E-state index >= 15 is 0 Å². The van der Waals surface area contributed by atoms with Gasteiger partial charge in [0, 0.05) is 7.05 Å². The Balaban J connectivity index is 2.38. The molecule has 2 rings (SSSR count). The first-order chi connectivity index (χ1) is 9.31. The van der Waals surface area contributed by atoms with E-state index in [1.54, 1.807) is 16.5 Å². The summed E-state index contributed by atoms with van der Waals surface area (Å²) in [6, 6.07) is 0. The number of hydrogen-bond acceptors (Lipinski definition) is 3. The molecule has 1 unspecified atom stereocenters. The second-order valence-electron chi connectivity index (χ2n) is 5.26. The van der Waals surface area contributed by atoms with Crippen LogP contribution >= 0.6 is 15.9 Å². The van der Waals surface area contributed by atoms with Gasteiger partial charge in [-0.2, -0.15) is 5.10 Å². The lowest BCUT2D eigenvalue weighted by Gasteiger charge is -2.43. The predicted octanol–water partition coefficient (Wildman–Crippen LogP) is 1.12. The topological polar surface area (TPSA) is 67.2 Å². The third-order valence-electron chi connectivity index (χ3n) is 4.04. The molecule has 0 spiro atoms. The molecule has 20 heavy (non-hydrogen) atoms. The molecule has 1 saturated heterocycles. The van der Waals surface area contributed by atoms with E-state index in [2.05, 4.69) is 26.3 Å². The molecule has 0 aromatic carbocycles. The van der Waals surface area contributed by atoms with Crippen molar-refractivity contribution in [3.63, 3.8) is 0 Å². The molecule has 1 N–H and O–H groups in total. The number of carbonyl (C=O) groups excluding carboxylic acids is 2. The van der Waals surface area contributed by atoms with Gasteiger partial charge >= 0.3 is 0 Å². The van der Waals surface area contributed by atoms with Gasteiger partial charge in [-0.1, -0.05) is 6.92 Å². The molecular weight excluding hydrogens is 324 g/mol. The van der Waals surface area contributed by atoms with Crippen molar-refractivity contribution in [1.82, 2.24) is 20.0 Å². The van der Waals surface area contributed by atoms with Crippen LogP contribution in [0.5, 0.6) is 0 Å². The number of aryl methyl sites for hydroxylation is 2. The second-order valence-corrected chi connectivity index (χ2v) is 6.05. The molecular formula is C13H19BrN4O2. The molecule has 1 aliphatic heterocycles. The van der Waals surface area contributed by atoms with Gasteiger partial charge in [-0.25, -0.2) is 0 Å². The van der Waals surface area contributed by atoms with Gasteiger partial charge in [-0.3, -0.25) is 14.3 Å². The number of aromatic nitrogens is 2. The van der Waals surface area contributed by atoms with Crippen LogP contribution in [0.1, 0.15) is 31.7 Å². The van der Waals surface area contributed by atoms with Crippen molar-refractivity contribution in [2.75, 3.05) is 6.54 Å². The zero-order chi connectivity index (χ0) is 15.1. The minimum Gasteiger partial charge on any atom is -0.345 e. The van der Waals surface area contributed by atoms with Crippen LogP contribution in [0.2, 0.25) is 0 Å². The number of nitrogens with zero attached hydrogens (tertiary/aromatic N) is 3. The molecule has 1 fully saturated rings. The van der Waals surface area contributed by atoms with Crippen LogP contribution in [0.3, 0.4) is 0 Å². The molecule has 2 heterocycles. The van der Waals surface area contributed by atoms with Gasteiger partial charge in [0.2, 0.25) is 11.8 Å². The third-order valence-corrected chi connectivity index (χ3v) is 5.08. The van der Waals surface area contributed by atoms with E-state index in [0.717, 1.165) is 15.9 Å². The van der Waals surface area contributed by atoms with Crippen molar-refractivity contribution >= 4 is 27.7 Å². The second kappa shape index (κ2) is 5.20. The third kappa shape index (κ3) is 2.24. The summed E-state index contributed by atoms with van der Waals surface area (Å²) < 4.78 is 2.63. The van der Waals surface area contributed by atoms with Crippen molar-refractivity contribution < 1.29 is 9.59 Å². The Labute approximate surface area is 126 Å². The average Bonchev–Trinajstić information content (AvgIpc) is 2.65. The van der Waals surface area contributed by atoms with Gasteiger partial charge in [-0.15, -0.1) is 0 Å². The maximum absolute atomic E-state index is 12.2. The van der Waals surface area contributed by atoms with E-state index in [-0.39, 0.29) is 18.4 Å². The minimum absolute atomic E-state index is 0.0584. The number of amides is 2. The van der Waals surface area contributed by atoms with Crippen molar-refractivity contribution in [3.8, 4) is 0 Å². The van der Waals surface area contributed by atoms with Crippen LogP contribution in [0, 0.1) is 6.92 Å². The lowest BCUT2D eigenvalue weighted by Crippen LogP contribution is -2.65. The molecule has 2 amide bonds. The van der Waals surface area contributed by atoms with Gasteiger partial charge in [0.25, 0.3) is 0 Å². The molecule has 0 bridgehead atoms. The highest BCUT2D eigenvalue weighted by Crippen LogP contribution is 2.28. The maximum atomic E-state index is 12.2. The summed E-state index contributed by atoms with van der Waals surface area (Å²) in [7, 11) is 1.84. The summed E-state index contributed by atoms with van der Waals surface area (Å²) in [6.07, 6.45) is 0.568. The Morgan fingerprint density at radius 2 is 2.10 bits per heavy atom. The van der Waals surface area contributed by atoms with Crippen LogP contribution in [0.15, 0.2) is 4.47 Å². The number of nitrogens with one attached hydrogen (secondary N) is 1. The molecule has 0 saturated carbocycles. The number of piperazine rings is 1. The van der Waals surface area contributed by atoms with Gasteiger partial charge in [0.05, 0.1) is 29.0 Å². The minimum atomic E-state index is -0.813. The lowest BCUT2D eigenvalue weighted by atomic mass is 9.92. The van der Waals surface area contributed by atoms with Crippen molar-refractivity contribution in [2.45, 2.75) is 39.3 Å². The fourth-order valence-corrected chi connectivity index (χ4v) is 2.92. The van der Waals surface area contributed by atoms with E-state index in [0.29, 0.717) is 13.0 Å². The Bertz CT molecular complexity index is 569. The Morgan fingerprint density at radius 3 is 2.60 bits per heavy atom. The van der Waals surface area contributed by atoms with Crippen LogP contribution in [0.4, 0.5) is 0 Å². The summed E-state index contributed by atoms with van der Waals surface area (Å²) >= 11 is 3.50. The molecule has 6 nitrogen and oxygen atoms in total. The Kier molecular flexibility index (Phi) is 3.90. The van der Waals surface area contributed by atoms with E-state index < -0.39 is 5.54 Å². The van der Waals surface area contributed by atoms with Gasteiger partial charge in [-0.05, 0) is 36.2 Å². The predicted molar refractivity (Wildman–Crippen MR) is 77.9 cm³/mol. The van der Waals surface area contributed by atoms with Crippen LogP contribution < -0.4 is 5.32 Å². The molecule has 1 aromatic heterocycles. The SMILES string of the molecule is CCC1(C)C(=O)NCC(=O)N1Cc1c(Br)c(C)nn1C. The number of halogens is 1. The highest BCUT2D eigenvalue weighted by Gasteiger charge is 2.44. The first-order valence-corrected chi connectivity index (χ1v) is 7.37. The van der Waals surface area contributed by atoms with Gasteiger partial charge in [0.1, 0.15) is 5.54 Å². The maximum Gasteiger partial charge on any atom is 0.246 e. The molecule has 1 aliphatic rings. The highest BCUT2D eigenvalue weighted by atomic mass is 79.9. The summed E-state index contributed by atoms with van der Waals surface area (Å²) in [4.78, 5) is 26.0. The smallest absolute Gasteiger partial charge is 0.246 e. The van der Waals surface area contributed by atoms with E-state index in [1.807, 2.05) is 20.9 Å². The number of carbonyl (C=O) groups is 2.